The van der Waals surface area contributed by atoms with Gasteiger partial charge in [-0.2, -0.15) is 13.2 Å². The van der Waals surface area contributed by atoms with Crippen LogP contribution in [0.15, 0.2) is 18.2 Å². The van der Waals surface area contributed by atoms with Crippen LogP contribution in [0.5, 0.6) is 0 Å². The van der Waals surface area contributed by atoms with Crippen molar-refractivity contribution in [2.24, 2.45) is 0 Å². The summed E-state index contributed by atoms with van der Waals surface area (Å²) in [5, 5.41) is 0. The van der Waals surface area contributed by atoms with Gasteiger partial charge in [-0.15, -0.1) is 0 Å². The molecular weight excluding hydrogens is 321 g/mol. The van der Waals surface area contributed by atoms with Crippen LogP contribution in [0.4, 0.5) is 18.9 Å². The van der Waals surface area contributed by atoms with Crippen molar-refractivity contribution in [2.75, 3.05) is 37.7 Å². The van der Waals surface area contributed by atoms with E-state index < -0.39 is 18.9 Å². The van der Waals surface area contributed by atoms with Gasteiger partial charge in [-0.1, -0.05) is 12.1 Å². The zero-order valence-electron chi connectivity index (χ0n) is 14.2. The molecular formula is C17H23F3N2O2. The summed E-state index contributed by atoms with van der Waals surface area (Å²) >= 11 is 0. The minimum atomic E-state index is -4.42. The van der Waals surface area contributed by atoms with E-state index in [0.717, 1.165) is 5.69 Å². The molecule has 4 nitrogen and oxygen atoms in total. The Labute approximate surface area is 140 Å². The van der Waals surface area contributed by atoms with E-state index >= 15 is 0 Å². The van der Waals surface area contributed by atoms with Crippen molar-refractivity contribution in [2.45, 2.75) is 33.1 Å². The first-order chi connectivity index (χ1) is 11.2. The van der Waals surface area contributed by atoms with Crippen LogP contribution >= 0.6 is 0 Å². The van der Waals surface area contributed by atoms with E-state index in [1.807, 2.05) is 6.07 Å². The lowest BCUT2D eigenvalue weighted by atomic mass is 10.1. The Bertz CT molecular complexity index is 582. The predicted octanol–water partition coefficient (Wildman–Crippen LogP) is 2.92. The molecule has 1 atom stereocenters. The zero-order valence-corrected chi connectivity index (χ0v) is 14.2. The summed E-state index contributed by atoms with van der Waals surface area (Å²) in [5.74, 6) is -0.389. The molecule has 1 aliphatic heterocycles. The van der Waals surface area contributed by atoms with Gasteiger partial charge in [-0.25, -0.2) is 0 Å². The highest BCUT2D eigenvalue weighted by molar-refractivity contribution is 5.80. The van der Waals surface area contributed by atoms with Gasteiger partial charge in [-0.3, -0.25) is 4.79 Å². The molecule has 0 radical (unpaired) electrons. The summed E-state index contributed by atoms with van der Waals surface area (Å²) in [7, 11) is 0. The molecule has 0 spiro atoms. The van der Waals surface area contributed by atoms with Crippen molar-refractivity contribution in [3.05, 3.63) is 29.3 Å². The number of alkyl halides is 3. The SMILES string of the molecule is Cc1cccc(N2CCN(C(=O)[C@@H](C)OCC(F)(F)F)CC2)c1C. The highest BCUT2D eigenvalue weighted by Crippen LogP contribution is 2.24. The summed E-state index contributed by atoms with van der Waals surface area (Å²) in [6.45, 7) is 6.35. The molecule has 24 heavy (non-hydrogen) atoms. The minimum absolute atomic E-state index is 0.389. The molecule has 1 aliphatic rings. The highest BCUT2D eigenvalue weighted by Gasteiger charge is 2.32. The standard InChI is InChI=1S/C17H23F3N2O2/c1-12-5-4-6-15(13(12)2)21-7-9-22(10-8-21)16(23)14(3)24-11-17(18,19)20/h4-6,14H,7-11H2,1-3H3/t14-/m1/s1. The van der Waals surface area contributed by atoms with Crippen LogP contribution < -0.4 is 4.90 Å². The maximum absolute atomic E-state index is 12.2. The second-order valence-corrected chi connectivity index (χ2v) is 6.10. The molecule has 7 heteroatoms. The van der Waals surface area contributed by atoms with Gasteiger partial charge in [0.2, 0.25) is 0 Å². The van der Waals surface area contributed by atoms with E-state index in [4.69, 9.17) is 0 Å². The lowest BCUT2D eigenvalue weighted by Gasteiger charge is -2.38. The van der Waals surface area contributed by atoms with Gasteiger partial charge < -0.3 is 14.5 Å². The molecule has 134 valence electrons. The molecule has 1 aromatic carbocycles. The Morgan fingerprint density at radius 1 is 1.21 bits per heavy atom. The van der Waals surface area contributed by atoms with Crippen LogP contribution in [-0.4, -0.2) is 55.9 Å². The van der Waals surface area contributed by atoms with Gasteiger partial charge in [0.05, 0.1) is 0 Å². The van der Waals surface area contributed by atoms with Crippen molar-refractivity contribution in [3.63, 3.8) is 0 Å². The molecule has 0 bridgehead atoms. The third-order valence-corrected chi connectivity index (χ3v) is 4.35. The van der Waals surface area contributed by atoms with Crippen LogP contribution in [0, 0.1) is 13.8 Å². The average molecular weight is 344 g/mol. The molecule has 1 aromatic rings. The van der Waals surface area contributed by atoms with Crippen LogP contribution in [0.3, 0.4) is 0 Å². The molecule has 1 heterocycles. The number of carbonyl (C=O) groups is 1. The number of hydrogen-bond donors (Lipinski definition) is 0. The summed E-state index contributed by atoms with van der Waals surface area (Å²) < 4.78 is 41.2. The molecule has 0 aliphatic carbocycles. The predicted molar refractivity (Wildman–Crippen MR) is 86.2 cm³/mol. The Kier molecular flexibility index (Phi) is 5.74. The number of hydrogen-bond acceptors (Lipinski definition) is 3. The van der Waals surface area contributed by atoms with Gasteiger partial charge in [0.25, 0.3) is 5.91 Å². The summed E-state index contributed by atoms with van der Waals surface area (Å²) in [6.07, 6.45) is -5.51. The van der Waals surface area contributed by atoms with Crippen LogP contribution in [-0.2, 0) is 9.53 Å². The van der Waals surface area contributed by atoms with Crippen LogP contribution in [0.25, 0.3) is 0 Å². The average Bonchev–Trinajstić information content (AvgIpc) is 2.54. The van der Waals surface area contributed by atoms with Gasteiger partial charge in [0.15, 0.2) is 0 Å². The normalized spacial score (nSPS) is 17.1. The zero-order chi connectivity index (χ0) is 17.9. The fourth-order valence-corrected chi connectivity index (χ4v) is 2.79. The first kappa shape index (κ1) is 18.6. The quantitative estimate of drug-likeness (QED) is 0.842. The van der Waals surface area contributed by atoms with Crippen molar-refractivity contribution in [1.82, 2.24) is 4.90 Å². The number of carbonyl (C=O) groups excluding carboxylic acids is 1. The number of nitrogens with zero attached hydrogens (tertiary/aromatic N) is 2. The number of anilines is 1. The number of rotatable bonds is 4. The Hall–Kier alpha value is -1.76. The van der Waals surface area contributed by atoms with Crippen molar-refractivity contribution in [1.29, 1.82) is 0 Å². The Morgan fingerprint density at radius 2 is 1.83 bits per heavy atom. The smallest absolute Gasteiger partial charge is 0.368 e. The van der Waals surface area contributed by atoms with E-state index in [1.54, 1.807) is 4.90 Å². The van der Waals surface area contributed by atoms with E-state index in [1.165, 1.54) is 18.1 Å². The van der Waals surface area contributed by atoms with Crippen molar-refractivity contribution in [3.8, 4) is 0 Å². The fraction of sp³-hybridized carbons (Fsp3) is 0.588. The van der Waals surface area contributed by atoms with E-state index in [-0.39, 0.29) is 5.91 Å². The minimum Gasteiger partial charge on any atom is -0.368 e. The molecule has 0 aromatic heterocycles. The fourth-order valence-electron chi connectivity index (χ4n) is 2.79. The van der Waals surface area contributed by atoms with Gasteiger partial charge in [0, 0.05) is 31.9 Å². The first-order valence-electron chi connectivity index (χ1n) is 7.97. The number of aryl methyl sites for hydroxylation is 1. The number of piperazine rings is 1. The van der Waals surface area contributed by atoms with Crippen LogP contribution in [0.1, 0.15) is 18.1 Å². The maximum Gasteiger partial charge on any atom is 0.411 e. The maximum atomic E-state index is 12.2. The van der Waals surface area contributed by atoms with E-state index in [0.29, 0.717) is 26.2 Å². The lowest BCUT2D eigenvalue weighted by Crippen LogP contribution is -2.51. The molecule has 0 saturated carbocycles. The largest absolute Gasteiger partial charge is 0.411 e. The van der Waals surface area contributed by atoms with Gasteiger partial charge >= 0.3 is 6.18 Å². The number of halogens is 3. The second-order valence-electron chi connectivity index (χ2n) is 6.10. The first-order valence-corrected chi connectivity index (χ1v) is 7.97. The van der Waals surface area contributed by atoms with Gasteiger partial charge in [0.1, 0.15) is 12.7 Å². The molecule has 1 amide bonds. The molecule has 0 N–H and O–H groups in total. The third kappa shape index (κ3) is 4.63. The third-order valence-electron chi connectivity index (χ3n) is 4.35. The summed E-state index contributed by atoms with van der Waals surface area (Å²) in [5.41, 5.74) is 3.56. The Balaban J connectivity index is 1.90. The lowest BCUT2D eigenvalue weighted by molar-refractivity contribution is -0.188. The molecule has 1 fully saturated rings. The molecule has 2 rings (SSSR count). The Morgan fingerprint density at radius 3 is 2.42 bits per heavy atom. The summed E-state index contributed by atoms with van der Waals surface area (Å²) in [4.78, 5) is 16.0. The highest BCUT2D eigenvalue weighted by atomic mass is 19.4. The number of ether oxygens (including phenoxy) is 1. The number of amides is 1. The van der Waals surface area contributed by atoms with Gasteiger partial charge in [-0.05, 0) is 38.0 Å². The summed E-state index contributed by atoms with van der Waals surface area (Å²) in [6, 6.07) is 6.11. The number of benzene rings is 1. The second kappa shape index (κ2) is 7.42. The van der Waals surface area contributed by atoms with Crippen molar-refractivity contribution >= 4 is 11.6 Å². The molecule has 1 saturated heterocycles. The van der Waals surface area contributed by atoms with Crippen molar-refractivity contribution < 1.29 is 22.7 Å². The van der Waals surface area contributed by atoms with E-state index in [2.05, 4.69) is 35.6 Å². The van der Waals surface area contributed by atoms with Crippen LogP contribution in [0.2, 0.25) is 0 Å². The monoisotopic (exact) mass is 344 g/mol. The van der Waals surface area contributed by atoms with E-state index in [9.17, 15) is 18.0 Å². The molecule has 0 unspecified atom stereocenters. The topological polar surface area (TPSA) is 32.8 Å².